The Kier molecular flexibility index (Phi) is 3.14. The zero-order chi connectivity index (χ0) is 13.3. The van der Waals surface area contributed by atoms with E-state index in [1.807, 2.05) is 13.0 Å². The first kappa shape index (κ1) is 12.3. The number of aliphatic carboxylic acids is 1. The minimum Gasteiger partial charge on any atom is -0.481 e. The summed E-state index contributed by atoms with van der Waals surface area (Å²) < 4.78 is 0. The molecule has 1 N–H and O–H groups in total. The van der Waals surface area contributed by atoms with Gasteiger partial charge in [0.1, 0.15) is 0 Å². The Hall–Kier alpha value is -2.17. The standard InChI is InChI=1S/C13H13NO4/c1-8-4-5-10-9(7-8)12(17)13(18)14(10)6-2-3-11(15)16/h4-5,7H,2-3,6H2,1H3,(H,15,16). The van der Waals surface area contributed by atoms with Crippen LogP contribution < -0.4 is 4.90 Å². The Bertz CT molecular complexity index is 536. The molecule has 5 heteroatoms. The lowest BCUT2D eigenvalue weighted by molar-refractivity contribution is -0.137. The van der Waals surface area contributed by atoms with Crippen LogP contribution in [0.3, 0.4) is 0 Å². The number of ketones is 1. The van der Waals surface area contributed by atoms with E-state index >= 15 is 0 Å². The molecule has 0 radical (unpaired) electrons. The van der Waals surface area contributed by atoms with Crippen LogP contribution in [0.1, 0.15) is 28.8 Å². The van der Waals surface area contributed by atoms with Gasteiger partial charge in [-0.05, 0) is 25.5 Å². The Morgan fingerprint density at radius 3 is 2.72 bits per heavy atom. The molecule has 1 aromatic carbocycles. The zero-order valence-electron chi connectivity index (χ0n) is 9.97. The lowest BCUT2D eigenvalue weighted by Gasteiger charge is -2.15. The van der Waals surface area contributed by atoms with E-state index in [2.05, 4.69) is 0 Å². The molecule has 1 aliphatic rings. The first-order valence-corrected chi connectivity index (χ1v) is 5.69. The molecule has 1 aliphatic heterocycles. The molecule has 1 aromatic rings. The third-order valence-corrected chi connectivity index (χ3v) is 2.90. The summed E-state index contributed by atoms with van der Waals surface area (Å²) in [6.07, 6.45) is 0.320. The van der Waals surface area contributed by atoms with Gasteiger partial charge in [0.25, 0.3) is 11.7 Å². The zero-order valence-corrected chi connectivity index (χ0v) is 9.97. The molecular formula is C13H13NO4. The van der Waals surface area contributed by atoms with E-state index in [9.17, 15) is 14.4 Å². The normalized spacial score (nSPS) is 13.9. The summed E-state index contributed by atoms with van der Waals surface area (Å²) in [6.45, 7) is 2.11. The molecule has 0 saturated carbocycles. The molecule has 0 spiro atoms. The SMILES string of the molecule is Cc1ccc2c(c1)C(=O)C(=O)N2CCCC(=O)O. The molecule has 94 valence electrons. The molecule has 1 amide bonds. The number of Topliss-reactive ketones (excluding diaryl/α,β-unsaturated/α-hetero) is 1. The van der Waals surface area contributed by atoms with E-state index < -0.39 is 17.7 Å². The van der Waals surface area contributed by atoms with Crippen molar-refractivity contribution >= 4 is 23.3 Å². The largest absolute Gasteiger partial charge is 0.481 e. The second-order valence-corrected chi connectivity index (χ2v) is 4.30. The summed E-state index contributed by atoms with van der Waals surface area (Å²) in [5.74, 6) is -1.98. The minimum absolute atomic E-state index is 0.0147. The minimum atomic E-state index is -0.905. The number of rotatable bonds is 4. The van der Waals surface area contributed by atoms with Crippen molar-refractivity contribution in [2.24, 2.45) is 0 Å². The number of hydrogen-bond acceptors (Lipinski definition) is 3. The fourth-order valence-electron chi connectivity index (χ4n) is 2.02. The molecule has 0 atom stereocenters. The predicted octanol–water partition coefficient (Wildman–Crippen LogP) is 1.39. The van der Waals surface area contributed by atoms with Crippen molar-refractivity contribution in [2.75, 3.05) is 11.4 Å². The fraction of sp³-hybridized carbons (Fsp3) is 0.308. The number of nitrogens with zero attached hydrogens (tertiary/aromatic N) is 1. The molecule has 0 saturated heterocycles. The number of carboxylic acids is 1. The Morgan fingerprint density at radius 1 is 1.33 bits per heavy atom. The molecular weight excluding hydrogens is 234 g/mol. The second-order valence-electron chi connectivity index (χ2n) is 4.30. The molecule has 1 heterocycles. The highest BCUT2D eigenvalue weighted by molar-refractivity contribution is 6.52. The van der Waals surface area contributed by atoms with Gasteiger partial charge >= 0.3 is 5.97 Å². The number of amides is 1. The third kappa shape index (κ3) is 2.11. The summed E-state index contributed by atoms with van der Waals surface area (Å²) >= 11 is 0. The van der Waals surface area contributed by atoms with Crippen molar-refractivity contribution in [3.63, 3.8) is 0 Å². The third-order valence-electron chi connectivity index (χ3n) is 2.90. The van der Waals surface area contributed by atoms with Crippen LogP contribution >= 0.6 is 0 Å². The van der Waals surface area contributed by atoms with Crippen LogP contribution in [-0.2, 0) is 9.59 Å². The monoisotopic (exact) mass is 247 g/mol. The number of aryl methyl sites for hydroxylation is 1. The van der Waals surface area contributed by atoms with Crippen LogP contribution in [0.5, 0.6) is 0 Å². The Labute approximate surface area is 104 Å². The van der Waals surface area contributed by atoms with Gasteiger partial charge in [-0.1, -0.05) is 11.6 Å². The lowest BCUT2D eigenvalue weighted by atomic mass is 10.1. The summed E-state index contributed by atoms with van der Waals surface area (Å²) in [5, 5.41) is 8.57. The second kappa shape index (κ2) is 4.60. The highest BCUT2D eigenvalue weighted by Gasteiger charge is 2.35. The van der Waals surface area contributed by atoms with Crippen molar-refractivity contribution in [3.05, 3.63) is 29.3 Å². The molecule has 0 bridgehead atoms. The van der Waals surface area contributed by atoms with Crippen molar-refractivity contribution in [2.45, 2.75) is 19.8 Å². The Balaban J connectivity index is 2.21. The average molecular weight is 247 g/mol. The molecule has 0 fully saturated rings. The topological polar surface area (TPSA) is 74.7 Å². The van der Waals surface area contributed by atoms with Gasteiger partial charge in [0.15, 0.2) is 0 Å². The van der Waals surface area contributed by atoms with E-state index in [1.165, 1.54) is 4.90 Å². The van der Waals surface area contributed by atoms with E-state index in [0.717, 1.165) is 5.56 Å². The summed E-state index contributed by atoms with van der Waals surface area (Å²) in [7, 11) is 0. The smallest absolute Gasteiger partial charge is 0.303 e. The quantitative estimate of drug-likeness (QED) is 0.816. The van der Waals surface area contributed by atoms with Gasteiger partial charge in [0, 0.05) is 13.0 Å². The first-order chi connectivity index (χ1) is 8.50. The Morgan fingerprint density at radius 2 is 2.06 bits per heavy atom. The summed E-state index contributed by atoms with van der Waals surface area (Å²) in [4.78, 5) is 35.3. The van der Waals surface area contributed by atoms with Gasteiger partial charge in [0.05, 0.1) is 11.3 Å². The average Bonchev–Trinajstić information content (AvgIpc) is 2.54. The number of hydrogen-bond donors (Lipinski definition) is 1. The van der Waals surface area contributed by atoms with Crippen LogP contribution in [0.2, 0.25) is 0 Å². The molecule has 5 nitrogen and oxygen atoms in total. The van der Waals surface area contributed by atoms with Crippen molar-refractivity contribution in [3.8, 4) is 0 Å². The number of carbonyl (C=O) groups excluding carboxylic acids is 2. The maximum absolute atomic E-state index is 11.8. The van der Waals surface area contributed by atoms with E-state index in [-0.39, 0.29) is 13.0 Å². The van der Waals surface area contributed by atoms with E-state index in [4.69, 9.17) is 5.11 Å². The van der Waals surface area contributed by atoms with Gasteiger partial charge in [-0.15, -0.1) is 0 Å². The number of carboxylic acid groups (broad SMARTS) is 1. The van der Waals surface area contributed by atoms with Gasteiger partial charge in [-0.3, -0.25) is 14.4 Å². The van der Waals surface area contributed by atoms with E-state index in [1.54, 1.807) is 12.1 Å². The van der Waals surface area contributed by atoms with Crippen molar-refractivity contribution in [1.82, 2.24) is 0 Å². The van der Waals surface area contributed by atoms with Crippen molar-refractivity contribution in [1.29, 1.82) is 0 Å². The number of carbonyl (C=O) groups is 3. The van der Waals surface area contributed by atoms with Crippen LogP contribution in [0, 0.1) is 6.92 Å². The van der Waals surface area contributed by atoms with Crippen molar-refractivity contribution < 1.29 is 19.5 Å². The molecule has 0 aromatic heterocycles. The molecule has 0 aliphatic carbocycles. The highest BCUT2D eigenvalue weighted by atomic mass is 16.4. The van der Waals surface area contributed by atoms with Gasteiger partial charge < -0.3 is 10.0 Å². The molecule has 0 unspecified atom stereocenters. The first-order valence-electron chi connectivity index (χ1n) is 5.69. The van der Waals surface area contributed by atoms with Crippen LogP contribution in [-0.4, -0.2) is 29.3 Å². The van der Waals surface area contributed by atoms with Gasteiger partial charge in [0.2, 0.25) is 0 Å². The summed E-state index contributed by atoms with van der Waals surface area (Å²) in [5.41, 5.74) is 1.92. The maximum Gasteiger partial charge on any atom is 0.303 e. The van der Waals surface area contributed by atoms with Crippen LogP contribution in [0.15, 0.2) is 18.2 Å². The lowest BCUT2D eigenvalue weighted by Crippen LogP contribution is -2.30. The molecule has 18 heavy (non-hydrogen) atoms. The predicted molar refractivity (Wildman–Crippen MR) is 64.7 cm³/mol. The summed E-state index contributed by atoms with van der Waals surface area (Å²) in [6, 6.07) is 5.25. The fourth-order valence-corrected chi connectivity index (χ4v) is 2.02. The highest BCUT2D eigenvalue weighted by Crippen LogP contribution is 2.29. The number of anilines is 1. The van der Waals surface area contributed by atoms with Crippen LogP contribution in [0.25, 0.3) is 0 Å². The number of fused-ring (bicyclic) bond motifs is 1. The van der Waals surface area contributed by atoms with Crippen LogP contribution in [0.4, 0.5) is 5.69 Å². The van der Waals surface area contributed by atoms with Gasteiger partial charge in [-0.2, -0.15) is 0 Å². The van der Waals surface area contributed by atoms with Gasteiger partial charge in [-0.25, -0.2) is 0 Å². The number of benzene rings is 1. The molecule has 2 rings (SSSR count). The van der Waals surface area contributed by atoms with E-state index in [0.29, 0.717) is 17.7 Å². The maximum atomic E-state index is 11.8.